The van der Waals surface area contributed by atoms with Crippen LogP contribution in [0.15, 0.2) is 47.6 Å². The Labute approximate surface area is 145 Å². The molecule has 1 aromatic heterocycles. The van der Waals surface area contributed by atoms with E-state index in [1.807, 2.05) is 13.0 Å². The van der Waals surface area contributed by atoms with E-state index in [1.54, 1.807) is 31.4 Å². The highest BCUT2D eigenvalue weighted by atomic mass is 35.5. The summed E-state index contributed by atoms with van der Waals surface area (Å²) in [4.78, 5) is 8.18. The van der Waals surface area contributed by atoms with Crippen LogP contribution >= 0.6 is 11.6 Å². The number of hydrogen-bond donors (Lipinski definition) is 2. The molecule has 1 atom stereocenters. The van der Waals surface area contributed by atoms with Gasteiger partial charge in [-0.2, -0.15) is 0 Å². The van der Waals surface area contributed by atoms with E-state index in [1.165, 1.54) is 12.1 Å². The summed E-state index contributed by atoms with van der Waals surface area (Å²) in [5.41, 5.74) is 0.998. The zero-order valence-electron chi connectivity index (χ0n) is 13.6. The van der Waals surface area contributed by atoms with Crippen LogP contribution < -0.4 is 15.4 Å². The third kappa shape index (κ3) is 6.04. The smallest absolute Gasteiger partial charge is 0.191 e. The van der Waals surface area contributed by atoms with Crippen LogP contribution in [0.5, 0.6) is 5.75 Å². The van der Waals surface area contributed by atoms with Gasteiger partial charge in [-0.3, -0.25) is 4.99 Å². The van der Waals surface area contributed by atoms with Crippen molar-refractivity contribution < 1.29 is 9.13 Å². The number of halogens is 2. The Kier molecular flexibility index (Phi) is 6.81. The van der Waals surface area contributed by atoms with E-state index in [0.717, 1.165) is 5.56 Å². The number of nitrogens with zero attached hydrogens (tertiary/aromatic N) is 2. The third-order valence-electron chi connectivity index (χ3n) is 3.18. The quantitative estimate of drug-likeness (QED) is 0.477. The van der Waals surface area contributed by atoms with Gasteiger partial charge in [0.05, 0.1) is 6.54 Å². The Morgan fingerprint density at radius 1 is 1.25 bits per heavy atom. The molecule has 0 spiro atoms. The van der Waals surface area contributed by atoms with Crippen LogP contribution in [-0.4, -0.2) is 30.6 Å². The first kappa shape index (κ1) is 18.0. The zero-order valence-corrected chi connectivity index (χ0v) is 14.3. The van der Waals surface area contributed by atoms with Gasteiger partial charge in [0.1, 0.15) is 22.8 Å². The standard InChI is InChI=1S/C17H20ClFN4O/c1-12(24-15-6-4-14(19)5-7-15)9-22-17(20-2)23-11-13-3-8-16(18)21-10-13/h3-8,10,12H,9,11H2,1-2H3,(H2,20,22,23). The van der Waals surface area contributed by atoms with Gasteiger partial charge in [-0.25, -0.2) is 9.37 Å². The van der Waals surface area contributed by atoms with Crippen molar-refractivity contribution in [3.8, 4) is 5.75 Å². The van der Waals surface area contributed by atoms with Crippen molar-refractivity contribution in [2.75, 3.05) is 13.6 Å². The Hall–Kier alpha value is -2.34. The van der Waals surface area contributed by atoms with E-state index in [-0.39, 0.29) is 11.9 Å². The normalized spacial score (nSPS) is 12.6. The molecule has 24 heavy (non-hydrogen) atoms. The minimum atomic E-state index is -0.283. The van der Waals surface area contributed by atoms with E-state index >= 15 is 0 Å². The number of ether oxygens (including phenoxy) is 1. The summed E-state index contributed by atoms with van der Waals surface area (Å²) in [6.07, 6.45) is 1.61. The largest absolute Gasteiger partial charge is 0.489 e. The summed E-state index contributed by atoms with van der Waals surface area (Å²) in [6.45, 7) is 3.06. The summed E-state index contributed by atoms with van der Waals surface area (Å²) in [5.74, 6) is 0.995. The highest BCUT2D eigenvalue weighted by Gasteiger charge is 2.06. The second kappa shape index (κ2) is 9.08. The minimum Gasteiger partial charge on any atom is -0.489 e. The summed E-state index contributed by atoms with van der Waals surface area (Å²) < 4.78 is 18.6. The highest BCUT2D eigenvalue weighted by Crippen LogP contribution is 2.12. The number of aromatic nitrogens is 1. The van der Waals surface area contributed by atoms with E-state index in [2.05, 4.69) is 20.6 Å². The predicted molar refractivity (Wildman–Crippen MR) is 93.9 cm³/mol. The average molecular weight is 351 g/mol. The van der Waals surface area contributed by atoms with Gasteiger partial charge in [-0.15, -0.1) is 0 Å². The first-order valence-electron chi connectivity index (χ1n) is 7.54. The van der Waals surface area contributed by atoms with Crippen molar-refractivity contribution in [1.29, 1.82) is 0 Å². The van der Waals surface area contributed by atoms with Crippen LogP contribution in [0.4, 0.5) is 4.39 Å². The molecular weight excluding hydrogens is 331 g/mol. The average Bonchev–Trinajstić information content (AvgIpc) is 2.58. The first-order chi connectivity index (χ1) is 11.6. The van der Waals surface area contributed by atoms with Crippen LogP contribution in [0.3, 0.4) is 0 Å². The summed E-state index contributed by atoms with van der Waals surface area (Å²) in [5, 5.41) is 6.82. The van der Waals surface area contributed by atoms with Crippen molar-refractivity contribution in [3.63, 3.8) is 0 Å². The van der Waals surface area contributed by atoms with Crippen molar-refractivity contribution in [1.82, 2.24) is 15.6 Å². The molecule has 5 nitrogen and oxygen atoms in total. The lowest BCUT2D eigenvalue weighted by Gasteiger charge is -2.17. The topological polar surface area (TPSA) is 58.5 Å². The molecule has 0 bridgehead atoms. The number of guanidine groups is 1. The van der Waals surface area contributed by atoms with Crippen molar-refractivity contribution in [3.05, 3.63) is 59.1 Å². The van der Waals surface area contributed by atoms with Crippen LogP contribution in [0.1, 0.15) is 12.5 Å². The van der Waals surface area contributed by atoms with Crippen molar-refractivity contribution in [2.45, 2.75) is 19.6 Å². The fourth-order valence-corrected chi connectivity index (χ4v) is 2.06. The van der Waals surface area contributed by atoms with E-state index in [4.69, 9.17) is 16.3 Å². The number of pyridine rings is 1. The van der Waals surface area contributed by atoms with E-state index in [9.17, 15) is 4.39 Å². The lowest BCUT2D eigenvalue weighted by atomic mass is 10.3. The predicted octanol–water partition coefficient (Wildman–Crippen LogP) is 3.01. The Morgan fingerprint density at radius 2 is 2.00 bits per heavy atom. The number of rotatable bonds is 6. The van der Waals surface area contributed by atoms with Crippen molar-refractivity contribution >= 4 is 17.6 Å². The second-order valence-corrected chi connectivity index (χ2v) is 5.57. The van der Waals surface area contributed by atoms with Crippen LogP contribution in [0.2, 0.25) is 5.15 Å². The van der Waals surface area contributed by atoms with Gasteiger partial charge >= 0.3 is 0 Å². The van der Waals surface area contributed by atoms with E-state index in [0.29, 0.717) is 30.0 Å². The molecule has 1 aromatic carbocycles. The van der Waals surface area contributed by atoms with Crippen LogP contribution in [0.25, 0.3) is 0 Å². The molecule has 2 rings (SSSR count). The monoisotopic (exact) mass is 350 g/mol. The molecule has 0 aliphatic rings. The van der Waals surface area contributed by atoms with Crippen LogP contribution in [0, 0.1) is 5.82 Å². The first-order valence-corrected chi connectivity index (χ1v) is 7.92. The molecule has 2 N–H and O–H groups in total. The molecule has 0 radical (unpaired) electrons. The van der Waals surface area contributed by atoms with Gasteiger partial charge in [0, 0.05) is 19.8 Å². The molecule has 128 valence electrons. The SMILES string of the molecule is CN=C(NCc1ccc(Cl)nc1)NCC(C)Oc1ccc(F)cc1. The summed E-state index contributed by atoms with van der Waals surface area (Å²) >= 11 is 5.76. The molecule has 0 aliphatic heterocycles. The molecular formula is C17H20ClFN4O. The molecule has 1 unspecified atom stereocenters. The molecule has 0 saturated heterocycles. The summed E-state index contributed by atoms with van der Waals surface area (Å²) in [6, 6.07) is 9.59. The summed E-state index contributed by atoms with van der Waals surface area (Å²) in [7, 11) is 1.70. The molecule has 0 fully saturated rings. The van der Waals surface area contributed by atoms with E-state index < -0.39 is 0 Å². The van der Waals surface area contributed by atoms with Gasteiger partial charge < -0.3 is 15.4 Å². The zero-order chi connectivity index (χ0) is 17.4. The lowest BCUT2D eigenvalue weighted by Crippen LogP contribution is -2.41. The number of aliphatic imine (C=N–C) groups is 1. The maximum absolute atomic E-state index is 12.9. The third-order valence-corrected chi connectivity index (χ3v) is 3.40. The molecule has 0 saturated carbocycles. The Morgan fingerprint density at radius 3 is 2.62 bits per heavy atom. The van der Waals surface area contributed by atoms with Crippen LogP contribution in [-0.2, 0) is 6.54 Å². The molecule has 0 amide bonds. The fraction of sp³-hybridized carbons (Fsp3) is 0.294. The maximum atomic E-state index is 12.9. The van der Waals surface area contributed by atoms with Gasteiger partial charge in [0.25, 0.3) is 0 Å². The number of hydrogen-bond acceptors (Lipinski definition) is 3. The Balaban J connectivity index is 1.76. The van der Waals surface area contributed by atoms with Crippen molar-refractivity contribution in [2.24, 2.45) is 4.99 Å². The minimum absolute atomic E-state index is 0.105. The van der Waals surface area contributed by atoms with Gasteiger partial charge in [-0.1, -0.05) is 17.7 Å². The number of nitrogens with one attached hydrogen (secondary N) is 2. The van der Waals surface area contributed by atoms with Gasteiger partial charge in [-0.05, 0) is 42.8 Å². The molecule has 0 aliphatic carbocycles. The fourth-order valence-electron chi connectivity index (χ4n) is 1.94. The second-order valence-electron chi connectivity index (χ2n) is 5.18. The van der Waals surface area contributed by atoms with Gasteiger partial charge in [0.15, 0.2) is 5.96 Å². The molecule has 7 heteroatoms. The Bertz CT molecular complexity index is 661. The maximum Gasteiger partial charge on any atom is 0.191 e. The molecule has 2 aromatic rings. The highest BCUT2D eigenvalue weighted by molar-refractivity contribution is 6.29. The molecule has 1 heterocycles. The lowest BCUT2D eigenvalue weighted by molar-refractivity contribution is 0.223. The number of benzene rings is 1. The van der Waals surface area contributed by atoms with Gasteiger partial charge in [0.2, 0.25) is 0 Å².